The zero-order chi connectivity index (χ0) is 12.6. The van der Waals surface area contributed by atoms with Crippen molar-refractivity contribution in [2.75, 3.05) is 0 Å². The molecule has 1 aromatic carbocycles. The molecule has 0 spiro atoms. The number of nitrogens with one attached hydrogen (secondary N) is 2. The van der Waals surface area contributed by atoms with Crippen molar-refractivity contribution >= 4 is 11.6 Å². The zero-order valence-corrected chi connectivity index (χ0v) is 9.56. The van der Waals surface area contributed by atoms with Crippen molar-refractivity contribution in [1.82, 2.24) is 9.97 Å². The molecule has 1 heterocycles. The number of benzene rings is 1. The molecule has 6 heteroatoms. The van der Waals surface area contributed by atoms with Gasteiger partial charge in [0, 0.05) is 11.3 Å². The van der Waals surface area contributed by atoms with Crippen molar-refractivity contribution in [1.29, 1.82) is 0 Å². The summed E-state index contributed by atoms with van der Waals surface area (Å²) in [5.74, 6) is -0.489. The van der Waals surface area contributed by atoms with Crippen molar-refractivity contribution < 1.29 is 4.39 Å². The molecule has 0 bridgehead atoms. The van der Waals surface area contributed by atoms with Gasteiger partial charge < -0.3 is 4.98 Å². The standard InChI is InChI=1S/C11H8ClFN2O2/c1-5-9(10(16)15-11(17)14-5)7-3-2-6(13)4-8(7)12/h2-4H,1H3,(H2,14,15,16,17). The molecule has 4 nitrogen and oxygen atoms in total. The predicted molar refractivity (Wildman–Crippen MR) is 62.8 cm³/mol. The van der Waals surface area contributed by atoms with E-state index in [0.29, 0.717) is 11.3 Å². The van der Waals surface area contributed by atoms with Crippen LogP contribution < -0.4 is 11.2 Å². The maximum absolute atomic E-state index is 12.9. The monoisotopic (exact) mass is 254 g/mol. The molecule has 0 atom stereocenters. The summed E-state index contributed by atoms with van der Waals surface area (Å²) in [5, 5.41) is 0.116. The van der Waals surface area contributed by atoms with Gasteiger partial charge in [-0.25, -0.2) is 9.18 Å². The molecule has 0 aliphatic rings. The first-order chi connectivity index (χ1) is 7.99. The Bertz CT molecular complexity index is 691. The van der Waals surface area contributed by atoms with E-state index in [-0.39, 0.29) is 10.6 Å². The second-order valence-electron chi connectivity index (χ2n) is 3.53. The molecule has 0 aliphatic heterocycles. The SMILES string of the molecule is Cc1[nH]c(=O)[nH]c(=O)c1-c1ccc(F)cc1Cl. The molecule has 17 heavy (non-hydrogen) atoms. The summed E-state index contributed by atoms with van der Waals surface area (Å²) in [6.45, 7) is 1.58. The van der Waals surface area contributed by atoms with E-state index in [1.165, 1.54) is 12.1 Å². The molecule has 0 amide bonds. The van der Waals surface area contributed by atoms with Gasteiger partial charge in [0.1, 0.15) is 5.82 Å². The van der Waals surface area contributed by atoms with Crippen molar-refractivity contribution in [3.8, 4) is 11.1 Å². The highest BCUT2D eigenvalue weighted by molar-refractivity contribution is 6.33. The average Bonchev–Trinajstić information content (AvgIpc) is 2.19. The van der Waals surface area contributed by atoms with Crippen LogP contribution in [0.1, 0.15) is 5.69 Å². The molecule has 0 saturated carbocycles. The minimum absolute atomic E-state index is 0.116. The van der Waals surface area contributed by atoms with Crippen LogP contribution in [0.4, 0.5) is 4.39 Å². The summed E-state index contributed by atoms with van der Waals surface area (Å²) in [5.41, 5.74) is -0.154. The first-order valence-corrected chi connectivity index (χ1v) is 5.15. The molecule has 88 valence electrons. The maximum Gasteiger partial charge on any atom is 0.325 e. The van der Waals surface area contributed by atoms with E-state index in [9.17, 15) is 14.0 Å². The molecule has 0 fully saturated rings. The molecular weight excluding hydrogens is 247 g/mol. The van der Waals surface area contributed by atoms with E-state index in [0.717, 1.165) is 6.07 Å². The van der Waals surface area contributed by atoms with Gasteiger partial charge in [-0.15, -0.1) is 0 Å². The smallest absolute Gasteiger partial charge is 0.311 e. The number of rotatable bonds is 1. The van der Waals surface area contributed by atoms with Crippen LogP contribution in [0, 0.1) is 12.7 Å². The van der Waals surface area contributed by atoms with Crippen molar-refractivity contribution in [3.63, 3.8) is 0 Å². The quantitative estimate of drug-likeness (QED) is 0.815. The fraction of sp³-hybridized carbons (Fsp3) is 0.0909. The maximum atomic E-state index is 12.9. The first kappa shape index (κ1) is 11.6. The molecule has 0 aliphatic carbocycles. The van der Waals surface area contributed by atoms with Crippen LogP contribution in [0.5, 0.6) is 0 Å². The van der Waals surface area contributed by atoms with Crippen LogP contribution >= 0.6 is 11.6 Å². The van der Waals surface area contributed by atoms with E-state index in [4.69, 9.17) is 11.6 Å². The molecule has 0 unspecified atom stereocenters. The van der Waals surface area contributed by atoms with Gasteiger partial charge in [0.25, 0.3) is 5.56 Å². The van der Waals surface area contributed by atoms with Gasteiger partial charge in [-0.05, 0) is 25.1 Å². The fourth-order valence-electron chi connectivity index (χ4n) is 1.62. The molecular formula is C11H8ClFN2O2. The second-order valence-corrected chi connectivity index (χ2v) is 3.94. The minimum atomic E-state index is -0.588. The second kappa shape index (κ2) is 4.18. The number of hydrogen-bond donors (Lipinski definition) is 2. The largest absolute Gasteiger partial charge is 0.325 e. The minimum Gasteiger partial charge on any atom is -0.311 e. The normalized spacial score (nSPS) is 10.5. The third-order valence-electron chi connectivity index (χ3n) is 2.33. The van der Waals surface area contributed by atoms with E-state index in [1.807, 2.05) is 0 Å². The molecule has 1 aromatic heterocycles. The Balaban J connectivity index is 2.77. The topological polar surface area (TPSA) is 65.7 Å². The van der Waals surface area contributed by atoms with Crippen LogP contribution in [-0.4, -0.2) is 9.97 Å². The lowest BCUT2D eigenvalue weighted by atomic mass is 10.1. The summed E-state index contributed by atoms with van der Waals surface area (Å²) in [6.07, 6.45) is 0. The third kappa shape index (κ3) is 2.14. The summed E-state index contributed by atoms with van der Waals surface area (Å²) in [4.78, 5) is 27.3. The summed E-state index contributed by atoms with van der Waals surface area (Å²) >= 11 is 5.86. The molecule has 2 aromatic rings. The number of hydrogen-bond acceptors (Lipinski definition) is 2. The third-order valence-corrected chi connectivity index (χ3v) is 2.64. The van der Waals surface area contributed by atoms with Gasteiger partial charge in [0.05, 0.1) is 10.6 Å². The number of aryl methyl sites for hydroxylation is 1. The van der Waals surface area contributed by atoms with Crippen molar-refractivity contribution in [3.05, 3.63) is 55.6 Å². The highest BCUT2D eigenvalue weighted by atomic mass is 35.5. The number of H-pyrrole nitrogens is 2. The van der Waals surface area contributed by atoms with Crippen molar-refractivity contribution in [2.45, 2.75) is 6.92 Å². The molecule has 0 radical (unpaired) electrons. The molecule has 0 saturated heterocycles. The summed E-state index contributed by atoms with van der Waals surface area (Å²) in [6, 6.07) is 3.71. The van der Waals surface area contributed by atoms with E-state index >= 15 is 0 Å². The Hall–Kier alpha value is -1.88. The molecule has 2 rings (SSSR count). The van der Waals surface area contributed by atoms with Gasteiger partial charge in [0.15, 0.2) is 0 Å². The number of aromatic nitrogens is 2. The summed E-state index contributed by atoms with van der Waals surface area (Å²) < 4.78 is 12.9. The van der Waals surface area contributed by atoms with Gasteiger partial charge in [-0.2, -0.15) is 0 Å². The first-order valence-electron chi connectivity index (χ1n) is 4.77. The van der Waals surface area contributed by atoms with E-state index < -0.39 is 17.1 Å². The lowest BCUT2D eigenvalue weighted by Gasteiger charge is -2.06. The zero-order valence-electron chi connectivity index (χ0n) is 8.80. The van der Waals surface area contributed by atoms with Crippen LogP contribution in [0.3, 0.4) is 0 Å². The Morgan fingerprint density at radius 2 is 1.94 bits per heavy atom. The van der Waals surface area contributed by atoms with Gasteiger partial charge >= 0.3 is 5.69 Å². The fourth-order valence-corrected chi connectivity index (χ4v) is 1.88. The molecule has 2 N–H and O–H groups in total. The average molecular weight is 255 g/mol. The highest BCUT2D eigenvalue weighted by Crippen LogP contribution is 2.26. The van der Waals surface area contributed by atoms with Crippen LogP contribution in [-0.2, 0) is 0 Å². The Morgan fingerprint density at radius 3 is 2.53 bits per heavy atom. The number of aromatic amines is 2. The summed E-state index contributed by atoms with van der Waals surface area (Å²) in [7, 11) is 0. The van der Waals surface area contributed by atoms with E-state index in [1.54, 1.807) is 6.92 Å². The number of halogens is 2. The van der Waals surface area contributed by atoms with Gasteiger partial charge in [-0.1, -0.05) is 11.6 Å². The highest BCUT2D eigenvalue weighted by Gasteiger charge is 2.12. The Morgan fingerprint density at radius 1 is 1.24 bits per heavy atom. The van der Waals surface area contributed by atoms with E-state index in [2.05, 4.69) is 9.97 Å². The van der Waals surface area contributed by atoms with Crippen LogP contribution in [0.25, 0.3) is 11.1 Å². The van der Waals surface area contributed by atoms with Gasteiger partial charge in [-0.3, -0.25) is 9.78 Å². The van der Waals surface area contributed by atoms with Crippen LogP contribution in [0.15, 0.2) is 27.8 Å². The predicted octanol–water partition coefficient (Wildman–Crippen LogP) is 1.83. The van der Waals surface area contributed by atoms with Crippen LogP contribution in [0.2, 0.25) is 5.02 Å². The van der Waals surface area contributed by atoms with Gasteiger partial charge in [0.2, 0.25) is 0 Å². The lowest BCUT2D eigenvalue weighted by molar-refractivity contribution is 0.628. The van der Waals surface area contributed by atoms with Crippen molar-refractivity contribution in [2.24, 2.45) is 0 Å². The Kier molecular flexibility index (Phi) is 2.85. The Labute approximate surface area is 100 Å². The lowest BCUT2D eigenvalue weighted by Crippen LogP contribution is -2.25.